The van der Waals surface area contributed by atoms with Crippen molar-refractivity contribution in [2.24, 2.45) is 11.7 Å². The van der Waals surface area contributed by atoms with Gasteiger partial charge in [-0.2, -0.15) is 0 Å². The molecule has 0 amide bonds. The molecular formula is C22H31NO. The lowest BCUT2D eigenvalue weighted by molar-refractivity contribution is 0.128. The monoisotopic (exact) mass is 325 g/mol. The van der Waals surface area contributed by atoms with E-state index in [2.05, 4.69) is 43.3 Å². The van der Waals surface area contributed by atoms with Crippen LogP contribution in [0.2, 0.25) is 0 Å². The number of benzene rings is 2. The number of fused-ring (bicyclic) bond motifs is 1. The lowest BCUT2D eigenvalue weighted by Crippen LogP contribution is -2.28. The van der Waals surface area contributed by atoms with E-state index < -0.39 is 0 Å². The summed E-state index contributed by atoms with van der Waals surface area (Å²) in [6.45, 7) is 6.37. The van der Waals surface area contributed by atoms with Crippen LogP contribution in [0.25, 0.3) is 10.8 Å². The molecule has 1 aliphatic rings. The summed E-state index contributed by atoms with van der Waals surface area (Å²) in [7, 11) is 0. The van der Waals surface area contributed by atoms with Crippen molar-refractivity contribution >= 4 is 10.8 Å². The van der Waals surface area contributed by atoms with Crippen LogP contribution in [0.5, 0.6) is 5.75 Å². The molecule has 0 atom stereocenters. The van der Waals surface area contributed by atoms with Crippen LogP contribution >= 0.6 is 0 Å². The van der Waals surface area contributed by atoms with Crippen LogP contribution < -0.4 is 10.5 Å². The minimum absolute atomic E-state index is 0.305. The molecule has 0 bridgehead atoms. The van der Waals surface area contributed by atoms with Crippen LogP contribution in [0.15, 0.2) is 36.4 Å². The van der Waals surface area contributed by atoms with Crippen molar-refractivity contribution in [3.8, 4) is 5.75 Å². The molecule has 130 valence electrons. The van der Waals surface area contributed by atoms with E-state index in [0.717, 1.165) is 17.2 Å². The number of nitrogens with two attached hydrogens (primary N) is 1. The van der Waals surface area contributed by atoms with Gasteiger partial charge in [-0.1, -0.05) is 38.0 Å². The van der Waals surface area contributed by atoms with Gasteiger partial charge in [0.05, 0.1) is 6.10 Å². The van der Waals surface area contributed by atoms with E-state index in [4.69, 9.17) is 10.5 Å². The van der Waals surface area contributed by atoms with Gasteiger partial charge in [0.15, 0.2) is 0 Å². The van der Waals surface area contributed by atoms with Crippen molar-refractivity contribution in [3.63, 3.8) is 0 Å². The molecule has 0 aliphatic heterocycles. The minimum Gasteiger partial charge on any atom is -0.490 e. The fourth-order valence-electron chi connectivity index (χ4n) is 3.84. The van der Waals surface area contributed by atoms with Crippen molar-refractivity contribution in [2.45, 2.75) is 70.9 Å². The molecule has 0 unspecified atom stereocenters. The summed E-state index contributed by atoms with van der Waals surface area (Å²) in [4.78, 5) is 0. The molecule has 2 aromatic carbocycles. The lowest BCUT2D eigenvalue weighted by atomic mass is 9.85. The highest BCUT2D eigenvalue weighted by Gasteiger charge is 2.22. The molecule has 24 heavy (non-hydrogen) atoms. The second kappa shape index (κ2) is 7.14. The predicted octanol–water partition coefficient (Wildman–Crippen LogP) is 5.77. The zero-order valence-electron chi connectivity index (χ0n) is 15.3. The van der Waals surface area contributed by atoms with Crippen LogP contribution in [0.3, 0.4) is 0 Å². The molecule has 2 N–H and O–H groups in total. The summed E-state index contributed by atoms with van der Waals surface area (Å²) in [5.74, 6) is 1.92. The summed E-state index contributed by atoms with van der Waals surface area (Å²) in [6, 6.07) is 12.9. The van der Waals surface area contributed by atoms with Gasteiger partial charge in [-0.05, 0) is 80.0 Å². The largest absolute Gasteiger partial charge is 0.490 e. The third-order valence-electron chi connectivity index (χ3n) is 5.35. The van der Waals surface area contributed by atoms with Crippen molar-refractivity contribution < 1.29 is 4.74 Å². The highest BCUT2D eigenvalue weighted by Crippen LogP contribution is 2.31. The standard InChI is InChI=1S/C22H31NO/c1-4-5-16-6-11-20(12-7-16)24-21-13-9-17-14-19(22(2,3)23)10-8-18(17)15-21/h8-10,13-16,20H,4-7,11-12,23H2,1-3H3. The molecule has 1 saturated carbocycles. The van der Waals surface area contributed by atoms with Crippen molar-refractivity contribution in [1.29, 1.82) is 0 Å². The number of hydrogen-bond donors (Lipinski definition) is 1. The Morgan fingerprint density at radius 3 is 2.33 bits per heavy atom. The number of rotatable bonds is 5. The van der Waals surface area contributed by atoms with E-state index in [-0.39, 0.29) is 5.54 Å². The zero-order chi connectivity index (χ0) is 17.2. The van der Waals surface area contributed by atoms with Gasteiger partial charge in [-0.15, -0.1) is 0 Å². The Hall–Kier alpha value is -1.54. The first-order valence-corrected chi connectivity index (χ1v) is 9.45. The fourth-order valence-corrected chi connectivity index (χ4v) is 3.84. The molecule has 3 rings (SSSR count). The molecular weight excluding hydrogens is 294 g/mol. The summed E-state index contributed by atoms with van der Waals surface area (Å²) in [6.07, 6.45) is 8.11. The van der Waals surface area contributed by atoms with Gasteiger partial charge in [-0.25, -0.2) is 0 Å². The molecule has 2 nitrogen and oxygen atoms in total. The van der Waals surface area contributed by atoms with Gasteiger partial charge in [0.1, 0.15) is 5.75 Å². The SMILES string of the molecule is CCCC1CCC(Oc2ccc3cc(C(C)(C)N)ccc3c2)CC1. The normalized spacial score (nSPS) is 21.8. The van der Waals surface area contributed by atoms with Crippen molar-refractivity contribution in [2.75, 3.05) is 0 Å². The quantitative estimate of drug-likeness (QED) is 0.757. The molecule has 0 saturated heterocycles. The van der Waals surface area contributed by atoms with E-state index in [9.17, 15) is 0 Å². The third-order valence-corrected chi connectivity index (χ3v) is 5.35. The van der Waals surface area contributed by atoms with E-state index >= 15 is 0 Å². The zero-order valence-corrected chi connectivity index (χ0v) is 15.3. The Labute approximate surface area is 146 Å². The maximum absolute atomic E-state index is 6.26. The Balaban J connectivity index is 1.68. The lowest BCUT2D eigenvalue weighted by Gasteiger charge is -2.29. The van der Waals surface area contributed by atoms with Gasteiger partial charge < -0.3 is 10.5 Å². The highest BCUT2D eigenvalue weighted by molar-refractivity contribution is 5.84. The Morgan fingerprint density at radius 1 is 1.00 bits per heavy atom. The van der Waals surface area contributed by atoms with E-state index in [1.165, 1.54) is 49.3 Å². The molecule has 0 aromatic heterocycles. The number of ether oxygens (including phenoxy) is 1. The van der Waals surface area contributed by atoms with E-state index in [1.807, 2.05) is 13.8 Å². The average molecular weight is 325 g/mol. The van der Waals surface area contributed by atoms with Crippen LogP contribution in [-0.4, -0.2) is 6.10 Å². The van der Waals surface area contributed by atoms with Crippen molar-refractivity contribution in [3.05, 3.63) is 42.0 Å². The van der Waals surface area contributed by atoms with Crippen LogP contribution in [0.1, 0.15) is 64.9 Å². The second-order valence-electron chi connectivity index (χ2n) is 7.99. The van der Waals surface area contributed by atoms with Crippen molar-refractivity contribution in [1.82, 2.24) is 0 Å². The molecule has 0 spiro atoms. The number of hydrogen-bond acceptors (Lipinski definition) is 2. The summed E-state index contributed by atoms with van der Waals surface area (Å²) in [5.41, 5.74) is 7.07. The molecule has 0 heterocycles. The topological polar surface area (TPSA) is 35.2 Å². The van der Waals surface area contributed by atoms with E-state index in [0.29, 0.717) is 6.10 Å². The molecule has 1 fully saturated rings. The molecule has 2 aromatic rings. The Bertz CT molecular complexity index is 678. The Morgan fingerprint density at radius 2 is 1.67 bits per heavy atom. The van der Waals surface area contributed by atoms with Crippen LogP contribution in [-0.2, 0) is 5.54 Å². The summed E-state index contributed by atoms with van der Waals surface area (Å²) >= 11 is 0. The van der Waals surface area contributed by atoms with Crippen LogP contribution in [0, 0.1) is 5.92 Å². The second-order valence-corrected chi connectivity index (χ2v) is 7.99. The maximum atomic E-state index is 6.26. The fraction of sp³-hybridized carbons (Fsp3) is 0.545. The first-order valence-electron chi connectivity index (χ1n) is 9.45. The predicted molar refractivity (Wildman–Crippen MR) is 102 cm³/mol. The Kier molecular flexibility index (Phi) is 5.15. The maximum Gasteiger partial charge on any atom is 0.120 e. The third kappa shape index (κ3) is 4.10. The first-order chi connectivity index (χ1) is 11.5. The molecule has 1 aliphatic carbocycles. The molecule has 0 radical (unpaired) electrons. The first kappa shape index (κ1) is 17.3. The smallest absolute Gasteiger partial charge is 0.120 e. The van der Waals surface area contributed by atoms with Gasteiger partial charge >= 0.3 is 0 Å². The summed E-state index contributed by atoms with van der Waals surface area (Å²) in [5, 5.41) is 2.45. The van der Waals surface area contributed by atoms with Gasteiger partial charge in [0.2, 0.25) is 0 Å². The average Bonchev–Trinajstić information content (AvgIpc) is 2.55. The van der Waals surface area contributed by atoms with Gasteiger partial charge in [-0.3, -0.25) is 0 Å². The van der Waals surface area contributed by atoms with E-state index in [1.54, 1.807) is 0 Å². The van der Waals surface area contributed by atoms with Crippen LogP contribution in [0.4, 0.5) is 0 Å². The van der Waals surface area contributed by atoms with Gasteiger partial charge in [0, 0.05) is 5.54 Å². The van der Waals surface area contributed by atoms with Gasteiger partial charge in [0.25, 0.3) is 0 Å². The highest BCUT2D eigenvalue weighted by atomic mass is 16.5. The minimum atomic E-state index is -0.305. The molecule has 2 heteroatoms. The summed E-state index contributed by atoms with van der Waals surface area (Å²) < 4.78 is 6.26.